The van der Waals surface area contributed by atoms with Gasteiger partial charge in [0.1, 0.15) is 11.9 Å². The zero-order valence-electron chi connectivity index (χ0n) is 15.1. The topological polar surface area (TPSA) is 115 Å². The van der Waals surface area contributed by atoms with Crippen molar-refractivity contribution in [3.63, 3.8) is 0 Å². The van der Waals surface area contributed by atoms with Crippen molar-refractivity contribution >= 4 is 21.5 Å². The van der Waals surface area contributed by atoms with Crippen molar-refractivity contribution < 1.29 is 8.42 Å². The molecule has 1 aromatic carbocycles. The van der Waals surface area contributed by atoms with E-state index >= 15 is 0 Å². The fraction of sp³-hybridized carbons (Fsp3) is 0.333. The zero-order chi connectivity index (χ0) is 19.4. The van der Waals surface area contributed by atoms with Crippen LogP contribution in [-0.2, 0) is 16.6 Å². The second-order valence-corrected chi connectivity index (χ2v) is 8.09. The smallest absolute Gasteiger partial charge is 0.238 e. The van der Waals surface area contributed by atoms with E-state index in [-0.39, 0.29) is 10.5 Å². The molecule has 0 atom stereocenters. The highest BCUT2D eigenvalue weighted by molar-refractivity contribution is 7.89. The first-order chi connectivity index (χ1) is 12.9. The molecule has 9 heteroatoms. The van der Waals surface area contributed by atoms with Crippen molar-refractivity contribution in [1.29, 1.82) is 5.26 Å². The molecule has 1 fully saturated rings. The van der Waals surface area contributed by atoms with Crippen molar-refractivity contribution in [3.8, 4) is 6.07 Å². The molecule has 2 aromatic rings. The molecule has 2 heterocycles. The number of aromatic nitrogens is 1. The Hall–Kier alpha value is -2.67. The largest absolute Gasteiger partial charge is 0.380 e. The van der Waals surface area contributed by atoms with Gasteiger partial charge < -0.3 is 15.1 Å². The summed E-state index contributed by atoms with van der Waals surface area (Å²) in [5.74, 6) is 0.960. The van der Waals surface area contributed by atoms with E-state index in [1.54, 1.807) is 6.07 Å². The molecule has 1 aromatic heterocycles. The maximum atomic E-state index is 11.4. The Balaban J connectivity index is 1.66. The van der Waals surface area contributed by atoms with Crippen LogP contribution in [0.15, 0.2) is 41.4 Å². The number of hydrogen-bond acceptors (Lipinski definition) is 7. The molecule has 0 unspecified atom stereocenters. The highest BCUT2D eigenvalue weighted by Gasteiger charge is 2.15. The molecule has 0 spiro atoms. The van der Waals surface area contributed by atoms with Crippen molar-refractivity contribution in [2.75, 3.05) is 43.4 Å². The van der Waals surface area contributed by atoms with Crippen molar-refractivity contribution in [2.45, 2.75) is 11.4 Å². The molecule has 3 N–H and O–H groups in total. The van der Waals surface area contributed by atoms with Gasteiger partial charge in [0, 0.05) is 38.9 Å². The summed E-state index contributed by atoms with van der Waals surface area (Å²) < 4.78 is 22.8. The van der Waals surface area contributed by atoms with Crippen LogP contribution in [0.5, 0.6) is 0 Å². The molecule has 1 aliphatic rings. The molecule has 142 valence electrons. The Morgan fingerprint density at radius 1 is 1.22 bits per heavy atom. The minimum atomic E-state index is -3.83. The molecule has 27 heavy (non-hydrogen) atoms. The standard InChI is InChI=1S/C18H22N6O2S/c1-23-6-8-24(9-7-23)18-5-2-14(13-22-18)12-21-17-4-3-16(27(20,25)26)10-15(17)11-19/h2-5,10,13,21H,6-9,12H2,1H3,(H2,20,25,26). The van der Waals surface area contributed by atoms with Crippen LogP contribution in [0.4, 0.5) is 11.5 Å². The lowest BCUT2D eigenvalue weighted by Gasteiger charge is -2.33. The summed E-state index contributed by atoms with van der Waals surface area (Å²) in [6.07, 6.45) is 1.81. The number of nitrogens with two attached hydrogens (primary N) is 1. The number of rotatable bonds is 5. The van der Waals surface area contributed by atoms with E-state index in [0.29, 0.717) is 12.2 Å². The molecule has 1 aliphatic heterocycles. The fourth-order valence-electron chi connectivity index (χ4n) is 2.89. The van der Waals surface area contributed by atoms with Crippen LogP contribution >= 0.6 is 0 Å². The SMILES string of the molecule is CN1CCN(c2ccc(CNc3ccc(S(N)(=O)=O)cc3C#N)cn2)CC1. The summed E-state index contributed by atoms with van der Waals surface area (Å²) in [4.78, 5) is 9.01. The van der Waals surface area contributed by atoms with Gasteiger partial charge in [-0.3, -0.25) is 0 Å². The number of sulfonamides is 1. The Labute approximate surface area is 159 Å². The van der Waals surface area contributed by atoms with E-state index in [0.717, 1.165) is 37.6 Å². The minimum absolute atomic E-state index is 0.0807. The summed E-state index contributed by atoms with van der Waals surface area (Å²) in [6.45, 7) is 4.44. The van der Waals surface area contributed by atoms with Gasteiger partial charge in [0.2, 0.25) is 10.0 Å². The van der Waals surface area contributed by atoms with Gasteiger partial charge in [-0.15, -0.1) is 0 Å². The third kappa shape index (κ3) is 4.74. The molecule has 1 saturated heterocycles. The fourth-order valence-corrected chi connectivity index (χ4v) is 3.43. The molecular formula is C18H22N6O2S. The van der Waals surface area contributed by atoms with E-state index in [1.807, 2.05) is 24.4 Å². The van der Waals surface area contributed by atoms with Crippen molar-refractivity contribution in [3.05, 3.63) is 47.7 Å². The monoisotopic (exact) mass is 386 g/mol. The van der Waals surface area contributed by atoms with E-state index in [1.165, 1.54) is 12.1 Å². The third-order valence-electron chi connectivity index (χ3n) is 4.56. The van der Waals surface area contributed by atoms with Gasteiger partial charge in [-0.05, 0) is 36.9 Å². The van der Waals surface area contributed by atoms with Crippen LogP contribution in [0.25, 0.3) is 0 Å². The molecule has 0 amide bonds. The van der Waals surface area contributed by atoms with Gasteiger partial charge in [0.05, 0.1) is 16.1 Å². The van der Waals surface area contributed by atoms with Crippen LogP contribution in [0.2, 0.25) is 0 Å². The van der Waals surface area contributed by atoms with E-state index in [9.17, 15) is 13.7 Å². The van der Waals surface area contributed by atoms with Gasteiger partial charge in [-0.2, -0.15) is 5.26 Å². The lowest BCUT2D eigenvalue weighted by atomic mass is 10.2. The first kappa shape index (κ1) is 19.1. The molecule has 0 bridgehead atoms. The van der Waals surface area contributed by atoms with Gasteiger partial charge in [-0.1, -0.05) is 6.07 Å². The van der Waals surface area contributed by atoms with Crippen LogP contribution in [0.3, 0.4) is 0 Å². The van der Waals surface area contributed by atoms with Crippen LogP contribution < -0.4 is 15.4 Å². The normalized spacial score (nSPS) is 15.4. The Morgan fingerprint density at radius 3 is 2.56 bits per heavy atom. The number of piperazine rings is 1. The lowest BCUT2D eigenvalue weighted by molar-refractivity contribution is 0.312. The second kappa shape index (κ2) is 7.92. The van der Waals surface area contributed by atoms with Gasteiger partial charge in [0.25, 0.3) is 0 Å². The Morgan fingerprint density at radius 2 is 1.96 bits per heavy atom. The lowest BCUT2D eigenvalue weighted by Crippen LogP contribution is -2.44. The number of anilines is 2. The number of primary sulfonamides is 1. The summed E-state index contributed by atoms with van der Waals surface area (Å²) in [7, 11) is -1.72. The van der Waals surface area contributed by atoms with E-state index < -0.39 is 10.0 Å². The number of hydrogen-bond donors (Lipinski definition) is 2. The summed E-state index contributed by atoms with van der Waals surface area (Å²) in [6, 6.07) is 10.2. The molecule has 3 rings (SSSR count). The average Bonchev–Trinajstić information content (AvgIpc) is 2.66. The van der Waals surface area contributed by atoms with Crippen LogP contribution in [0, 0.1) is 11.3 Å². The highest BCUT2D eigenvalue weighted by Crippen LogP contribution is 2.20. The van der Waals surface area contributed by atoms with Gasteiger partial charge in [0.15, 0.2) is 0 Å². The molecule has 0 radical (unpaired) electrons. The predicted molar refractivity (Wildman–Crippen MR) is 104 cm³/mol. The molecular weight excluding hydrogens is 364 g/mol. The Kier molecular flexibility index (Phi) is 5.60. The quantitative estimate of drug-likeness (QED) is 0.786. The minimum Gasteiger partial charge on any atom is -0.380 e. The Bertz CT molecular complexity index is 945. The number of nitriles is 1. The van der Waals surface area contributed by atoms with Crippen LogP contribution in [-0.4, -0.2) is 51.5 Å². The van der Waals surface area contributed by atoms with E-state index in [4.69, 9.17) is 5.14 Å². The number of benzene rings is 1. The average molecular weight is 386 g/mol. The second-order valence-electron chi connectivity index (χ2n) is 6.53. The molecule has 8 nitrogen and oxygen atoms in total. The van der Waals surface area contributed by atoms with E-state index in [2.05, 4.69) is 27.1 Å². The van der Waals surface area contributed by atoms with Gasteiger partial charge in [-0.25, -0.2) is 18.5 Å². The number of pyridine rings is 1. The third-order valence-corrected chi connectivity index (χ3v) is 5.47. The molecule has 0 saturated carbocycles. The number of likely N-dealkylation sites (N-methyl/N-ethyl adjacent to an activating group) is 1. The maximum absolute atomic E-state index is 11.4. The van der Waals surface area contributed by atoms with Crippen LogP contribution in [0.1, 0.15) is 11.1 Å². The first-order valence-corrected chi connectivity index (χ1v) is 10.1. The first-order valence-electron chi connectivity index (χ1n) is 8.56. The van der Waals surface area contributed by atoms with Gasteiger partial charge >= 0.3 is 0 Å². The maximum Gasteiger partial charge on any atom is 0.238 e. The predicted octanol–water partition coefficient (Wildman–Crippen LogP) is 0.965. The van der Waals surface area contributed by atoms with Crippen molar-refractivity contribution in [1.82, 2.24) is 9.88 Å². The molecule has 0 aliphatic carbocycles. The summed E-state index contributed by atoms with van der Waals surface area (Å²) >= 11 is 0. The summed E-state index contributed by atoms with van der Waals surface area (Å²) in [5.41, 5.74) is 1.74. The number of nitrogens with one attached hydrogen (secondary N) is 1. The van der Waals surface area contributed by atoms with Crippen molar-refractivity contribution in [2.24, 2.45) is 5.14 Å². The number of nitrogens with zero attached hydrogens (tertiary/aromatic N) is 4. The highest BCUT2D eigenvalue weighted by atomic mass is 32.2. The zero-order valence-corrected chi connectivity index (χ0v) is 15.9. The summed E-state index contributed by atoms with van der Waals surface area (Å²) in [5, 5.41) is 17.5.